The van der Waals surface area contributed by atoms with Crippen molar-refractivity contribution >= 4 is 23.9 Å². The Kier molecular flexibility index (Phi) is 34.2. The Morgan fingerprint density at radius 1 is 0.411 bits per heavy atom. The van der Waals surface area contributed by atoms with E-state index in [0.29, 0.717) is 24.2 Å². The third-order valence-electron chi connectivity index (χ3n) is 17.2. The zero-order valence-corrected chi connectivity index (χ0v) is 57.7. The standard InChI is InChI=1S/C80H112N2O8/c1-61(35-25-37-65(5)45-47-71-67(7)43-29-51-79(71,11)12)31-17-19-33-63(3)39-27-41-69(9)77(85)87-59-73(89-75(83)49-57-81-53-21-15-22-54-81)74(90-76(84)50-58-82-55-23-16-24-56-82)60-88-78(86)70(10)42-28-40-64(4)34-20-18-32-62(2)36-26-38-66(6)46-48-72-68(8)44-30-52-80(72,13)14/h17-20,25-28,31-42,45-48,73-74H,15-16,21-24,29-30,43-44,49-60H2,1-14H3/b19-17+,20-18?,35-25+,36-26?,39-27+,40-28?,47-45+,48-46?,61-31+,62-32?,63-33+,64-34?,65-37+,66-38?,69-41-,70-42?/t73-,74+/m1/s1. The van der Waals surface area contributed by atoms with E-state index < -0.39 is 49.3 Å². The van der Waals surface area contributed by atoms with Crippen molar-refractivity contribution in [3.05, 3.63) is 213 Å². The van der Waals surface area contributed by atoms with Crippen LogP contribution in [0, 0.1) is 10.8 Å². The van der Waals surface area contributed by atoms with Crippen LogP contribution in [0.3, 0.4) is 0 Å². The molecule has 2 heterocycles. The predicted octanol–water partition coefficient (Wildman–Crippen LogP) is 18.7. The van der Waals surface area contributed by atoms with Crippen LogP contribution in [0.1, 0.15) is 187 Å². The molecule has 90 heavy (non-hydrogen) atoms. The normalized spacial score (nSPS) is 20.4. The molecule has 2 atom stereocenters. The average molecular weight is 1230 g/mol. The lowest BCUT2D eigenvalue weighted by atomic mass is 9.72. The van der Waals surface area contributed by atoms with E-state index in [1.165, 1.54) is 72.0 Å². The fourth-order valence-electron chi connectivity index (χ4n) is 11.4. The number of hydrogen-bond donors (Lipinski definition) is 0. The second-order valence-electron chi connectivity index (χ2n) is 26.5. The van der Waals surface area contributed by atoms with Crippen LogP contribution in [0.4, 0.5) is 0 Å². The number of allylic oxidation sites excluding steroid dienone is 34. The van der Waals surface area contributed by atoms with E-state index in [4.69, 9.17) is 18.9 Å². The number of nitrogens with zero attached hydrogens (tertiary/aromatic N) is 2. The molecule has 2 aliphatic heterocycles. The number of piperidine rings is 2. The summed E-state index contributed by atoms with van der Waals surface area (Å²) >= 11 is 0. The van der Waals surface area contributed by atoms with Gasteiger partial charge in [-0.15, -0.1) is 0 Å². The van der Waals surface area contributed by atoms with Crippen molar-refractivity contribution in [2.75, 3.05) is 52.5 Å². The Morgan fingerprint density at radius 2 is 0.711 bits per heavy atom. The van der Waals surface area contributed by atoms with E-state index in [0.717, 1.165) is 87.0 Å². The molecule has 2 fully saturated rings. The number of esters is 4. The molecule has 0 aromatic carbocycles. The molecule has 0 aromatic rings. The van der Waals surface area contributed by atoms with Crippen LogP contribution in [0.2, 0.25) is 0 Å². The van der Waals surface area contributed by atoms with Gasteiger partial charge in [0.15, 0.2) is 12.2 Å². The molecular formula is C80H112N2O8. The second-order valence-corrected chi connectivity index (χ2v) is 26.5. The fraction of sp³-hybridized carbons (Fsp3) is 0.500. The summed E-state index contributed by atoms with van der Waals surface area (Å²) in [5, 5.41) is 0. The quantitative estimate of drug-likeness (QED) is 0.0288. The molecule has 0 bridgehead atoms. The molecule has 10 nitrogen and oxygen atoms in total. The summed E-state index contributed by atoms with van der Waals surface area (Å²) in [6.45, 7) is 33.3. The van der Waals surface area contributed by atoms with Gasteiger partial charge in [0.25, 0.3) is 0 Å². The number of hydrogen-bond acceptors (Lipinski definition) is 10. The van der Waals surface area contributed by atoms with E-state index in [1.807, 2.05) is 62.5 Å². The van der Waals surface area contributed by atoms with Crippen molar-refractivity contribution in [2.24, 2.45) is 10.8 Å². The van der Waals surface area contributed by atoms with Crippen LogP contribution in [-0.2, 0) is 38.1 Å². The summed E-state index contributed by atoms with van der Waals surface area (Å²) < 4.78 is 23.7. The molecule has 2 saturated heterocycles. The number of ether oxygens (including phenoxy) is 4. The average Bonchev–Trinajstić information content (AvgIpc) is 2.38. The van der Waals surface area contributed by atoms with Crippen molar-refractivity contribution in [1.82, 2.24) is 9.80 Å². The highest BCUT2D eigenvalue weighted by Gasteiger charge is 2.33. The SMILES string of the molecule is CC(C=CC=C(C)C=CC1=C(C)CCCC1(C)C)=CC=CC=C(C)C=CC=C(C)C(=O)OC[C@H](OC(=O)CCN1CCCCC1)[C@@H](COC(=O)\C(C)=C/C=C/C(C)=C/C=C/C=C(C)/C=C/C=C(C)/C=C/C1=C(C)CCCC1(C)C)OC(=O)CCN1CCCCC1. The van der Waals surface area contributed by atoms with Crippen LogP contribution in [-0.4, -0.2) is 98.4 Å². The molecule has 4 rings (SSSR count). The van der Waals surface area contributed by atoms with Gasteiger partial charge < -0.3 is 28.7 Å². The number of carbonyl (C=O) groups is 4. The summed E-state index contributed by atoms with van der Waals surface area (Å²) in [6, 6.07) is 0. The second kappa shape index (κ2) is 40.8. The molecule has 4 aliphatic rings. The maximum atomic E-state index is 13.6. The monoisotopic (exact) mass is 1230 g/mol. The zero-order chi connectivity index (χ0) is 65.9. The molecular weight excluding hydrogens is 1120 g/mol. The van der Waals surface area contributed by atoms with Crippen molar-refractivity contribution in [3.63, 3.8) is 0 Å². The van der Waals surface area contributed by atoms with Gasteiger partial charge in [0.2, 0.25) is 0 Å². The first-order valence-corrected chi connectivity index (χ1v) is 33.3. The third-order valence-corrected chi connectivity index (χ3v) is 17.2. The highest BCUT2D eigenvalue weighted by Crippen LogP contribution is 2.42. The van der Waals surface area contributed by atoms with Crippen molar-refractivity contribution < 1.29 is 38.1 Å². The van der Waals surface area contributed by atoms with Gasteiger partial charge in [-0.3, -0.25) is 9.59 Å². The predicted molar refractivity (Wildman–Crippen MR) is 375 cm³/mol. The largest absolute Gasteiger partial charge is 0.458 e. The fourth-order valence-corrected chi connectivity index (χ4v) is 11.4. The van der Waals surface area contributed by atoms with E-state index in [9.17, 15) is 19.2 Å². The lowest BCUT2D eigenvalue weighted by Crippen LogP contribution is -2.43. The van der Waals surface area contributed by atoms with E-state index in [1.54, 1.807) is 38.2 Å². The van der Waals surface area contributed by atoms with Crippen LogP contribution < -0.4 is 0 Å². The van der Waals surface area contributed by atoms with Gasteiger partial charge in [-0.05, 0) is 182 Å². The van der Waals surface area contributed by atoms with E-state index in [-0.39, 0.29) is 23.7 Å². The van der Waals surface area contributed by atoms with Crippen LogP contribution >= 0.6 is 0 Å². The Hall–Kier alpha value is -6.88. The molecule has 0 amide bonds. The topological polar surface area (TPSA) is 112 Å². The maximum absolute atomic E-state index is 13.6. The van der Waals surface area contributed by atoms with Gasteiger partial charge >= 0.3 is 23.9 Å². The third kappa shape index (κ3) is 30.3. The van der Waals surface area contributed by atoms with Crippen LogP contribution in [0.15, 0.2) is 213 Å². The van der Waals surface area contributed by atoms with Gasteiger partial charge in [-0.1, -0.05) is 231 Å². The summed E-state index contributed by atoms with van der Waals surface area (Å²) in [6.07, 6.45) is 59.9. The summed E-state index contributed by atoms with van der Waals surface area (Å²) in [5.74, 6) is -2.36. The smallest absolute Gasteiger partial charge is 0.333 e. The van der Waals surface area contributed by atoms with Crippen molar-refractivity contribution in [1.29, 1.82) is 0 Å². The molecule has 0 aromatic heterocycles. The van der Waals surface area contributed by atoms with Crippen molar-refractivity contribution in [2.45, 2.75) is 199 Å². The Morgan fingerprint density at radius 3 is 1.03 bits per heavy atom. The first-order valence-electron chi connectivity index (χ1n) is 33.3. The molecule has 0 spiro atoms. The van der Waals surface area contributed by atoms with Gasteiger partial charge in [0.1, 0.15) is 13.2 Å². The van der Waals surface area contributed by atoms with Gasteiger partial charge in [0, 0.05) is 24.2 Å². The molecule has 490 valence electrons. The number of likely N-dealkylation sites (tertiary alicyclic amines) is 2. The summed E-state index contributed by atoms with van der Waals surface area (Å²) in [4.78, 5) is 58.9. The number of rotatable bonds is 31. The Balaban J connectivity index is 1.41. The molecule has 0 N–H and O–H groups in total. The van der Waals surface area contributed by atoms with E-state index >= 15 is 0 Å². The minimum absolute atomic E-state index is 0.0878. The minimum Gasteiger partial charge on any atom is -0.458 e. The Labute approximate surface area is 544 Å². The van der Waals surface area contributed by atoms with Crippen molar-refractivity contribution in [3.8, 4) is 0 Å². The minimum atomic E-state index is -1.26. The molecule has 10 heteroatoms. The maximum Gasteiger partial charge on any atom is 0.333 e. The van der Waals surface area contributed by atoms with Gasteiger partial charge in [0.05, 0.1) is 12.8 Å². The lowest BCUT2D eigenvalue weighted by Gasteiger charge is -2.33. The molecule has 0 radical (unpaired) electrons. The summed E-state index contributed by atoms with van der Waals surface area (Å²) in [7, 11) is 0. The first-order chi connectivity index (χ1) is 42.9. The Bertz CT molecular complexity index is 2780. The lowest BCUT2D eigenvalue weighted by molar-refractivity contribution is -0.181. The van der Waals surface area contributed by atoms with Gasteiger partial charge in [-0.2, -0.15) is 0 Å². The molecule has 0 saturated carbocycles. The van der Waals surface area contributed by atoms with Crippen LogP contribution in [0.5, 0.6) is 0 Å². The highest BCUT2D eigenvalue weighted by molar-refractivity contribution is 5.88. The highest BCUT2D eigenvalue weighted by atomic mass is 16.6. The molecule has 2 aliphatic carbocycles. The summed E-state index contributed by atoms with van der Waals surface area (Å²) in [5.41, 5.74) is 13.5. The van der Waals surface area contributed by atoms with Crippen LogP contribution in [0.25, 0.3) is 0 Å². The molecule has 0 unspecified atom stereocenters. The zero-order valence-electron chi connectivity index (χ0n) is 57.7. The van der Waals surface area contributed by atoms with Gasteiger partial charge in [-0.25, -0.2) is 9.59 Å². The van der Waals surface area contributed by atoms with E-state index in [2.05, 4.69) is 152 Å². The first kappa shape index (κ1) is 75.6. The number of carbonyl (C=O) groups excluding carboxylic acids is 4.